The van der Waals surface area contributed by atoms with E-state index in [1.54, 1.807) is 19.9 Å². The summed E-state index contributed by atoms with van der Waals surface area (Å²) in [6.07, 6.45) is 1.72. The monoisotopic (exact) mass is 226 g/mol. The largest absolute Gasteiger partial charge is 0.481 e. The van der Waals surface area contributed by atoms with Gasteiger partial charge in [-0.1, -0.05) is 19.9 Å². The molecule has 0 aromatic heterocycles. The van der Waals surface area contributed by atoms with Crippen LogP contribution >= 0.6 is 0 Å². The molecule has 1 rings (SSSR count). The highest BCUT2D eigenvalue weighted by Crippen LogP contribution is 2.59. The van der Waals surface area contributed by atoms with E-state index in [0.29, 0.717) is 12.2 Å². The first kappa shape index (κ1) is 12.7. The Kier molecular flexibility index (Phi) is 3.41. The van der Waals surface area contributed by atoms with E-state index in [4.69, 9.17) is 9.84 Å². The van der Waals surface area contributed by atoms with Crippen LogP contribution in [0.1, 0.15) is 27.7 Å². The van der Waals surface area contributed by atoms with E-state index in [2.05, 4.69) is 0 Å². The summed E-state index contributed by atoms with van der Waals surface area (Å²) in [5.41, 5.74) is 0.225. The molecule has 1 saturated carbocycles. The van der Waals surface area contributed by atoms with Crippen LogP contribution in [0.15, 0.2) is 11.6 Å². The Labute approximate surface area is 95.3 Å². The van der Waals surface area contributed by atoms with Crippen molar-refractivity contribution in [3.05, 3.63) is 11.6 Å². The van der Waals surface area contributed by atoms with Crippen molar-refractivity contribution in [2.75, 3.05) is 6.61 Å². The molecule has 16 heavy (non-hydrogen) atoms. The molecule has 0 aromatic carbocycles. The lowest BCUT2D eigenvalue weighted by Crippen LogP contribution is -2.06. The number of hydrogen-bond donors (Lipinski definition) is 1. The van der Waals surface area contributed by atoms with Gasteiger partial charge in [-0.25, -0.2) is 4.79 Å². The van der Waals surface area contributed by atoms with Gasteiger partial charge in [-0.15, -0.1) is 0 Å². The molecule has 90 valence electrons. The minimum absolute atomic E-state index is 0.0746. The number of hydrogen-bond acceptors (Lipinski definition) is 3. The zero-order valence-electron chi connectivity index (χ0n) is 10.1. The van der Waals surface area contributed by atoms with Gasteiger partial charge in [0.25, 0.3) is 0 Å². The number of carbonyl (C=O) groups is 2. The van der Waals surface area contributed by atoms with Gasteiger partial charge >= 0.3 is 11.9 Å². The maximum Gasteiger partial charge on any atom is 0.333 e. The highest BCUT2D eigenvalue weighted by molar-refractivity contribution is 5.88. The van der Waals surface area contributed by atoms with Crippen molar-refractivity contribution < 1.29 is 19.4 Å². The lowest BCUT2D eigenvalue weighted by atomic mass is 10.1. The molecular weight excluding hydrogens is 208 g/mol. The molecule has 4 nitrogen and oxygen atoms in total. The molecule has 1 N–H and O–H groups in total. The Morgan fingerprint density at radius 2 is 2.00 bits per heavy atom. The summed E-state index contributed by atoms with van der Waals surface area (Å²) in [6.45, 7) is 7.52. The minimum Gasteiger partial charge on any atom is -0.481 e. The SMILES string of the molecule is CCOC(=O)C(C)=CC1[C@@H](C(=O)O)C1(C)C. The first-order valence-electron chi connectivity index (χ1n) is 5.40. The van der Waals surface area contributed by atoms with Crippen LogP contribution < -0.4 is 0 Å². The smallest absolute Gasteiger partial charge is 0.333 e. The quantitative estimate of drug-likeness (QED) is 0.587. The Bertz CT molecular complexity index is 341. The molecule has 0 saturated heterocycles. The molecule has 0 spiro atoms. The molecule has 0 radical (unpaired) electrons. The summed E-state index contributed by atoms with van der Waals surface area (Å²) in [6, 6.07) is 0. The van der Waals surface area contributed by atoms with Crippen LogP contribution in [0.3, 0.4) is 0 Å². The average Bonchev–Trinajstić information content (AvgIpc) is 2.68. The predicted molar refractivity (Wildman–Crippen MR) is 58.8 cm³/mol. The summed E-state index contributed by atoms with van der Waals surface area (Å²) >= 11 is 0. The predicted octanol–water partition coefficient (Wildman–Crippen LogP) is 1.85. The van der Waals surface area contributed by atoms with E-state index in [9.17, 15) is 9.59 Å². The van der Waals surface area contributed by atoms with Gasteiger partial charge in [-0.05, 0) is 25.2 Å². The zero-order chi connectivity index (χ0) is 12.5. The summed E-state index contributed by atoms with van der Waals surface area (Å²) in [5.74, 6) is -1.64. The maximum absolute atomic E-state index is 11.4. The van der Waals surface area contributed by atoms with E-state index in [1.165, 1.54) is 0 Å². The standard InChI is InChI=1S/C12H18O4/c1-5-16-11(15)7(2)6-8-9(10(13)14)12(8,3)4/h6,8-9H,5H2,1-4H3,(H,13,14)/t8?,9-/m0/s1. The van der Waals surface area contributed by atoms with E-state index in [1.807, 2.05) is 13.8 Å². The van der Waals surface area contributed by atoms with Crippen molar-refractivity contribution >= 4 is 11.9 Å². The summed E-state index contributed by atoms with van der Waals surface area (Å²) in [7, 11) is 0. The molecule has 1 aliphatic rings. The van der Waals surface area contributed by atoms with E-state index in [0.717, 1.165) is 0 Å². The van der Waals surface area contributed by atoms with Crippen molar-refractivity contribution in [2.24, 2.45) is 17.3 Å². The number of carboxylic acid groups (broad SMARTS) is 1. The Balaban J connectivity index is 2.72. The molecule has 0 aliphatic heterocycles. The average molecular weight is 226 g/mol. The number of allylic oxidation sites excluding steroid dienone is 1. The number of ether oxygens (including phenoxy) is 1. The highest BCUT2D eigenvalue weighted by atomic mass is 16.5. The van der Waals surface area contributed by atoms with Crippen LogP contribution in [-0.4, -0.2) is 23.7 Å². The van der Waals surface area contributed by atoms with Crippen LogP contribution in [0, 0.1) is 17.3 Å². The van der Waals surface area contributed by atoms with Gasteiger partial charge in [0.05, 0.1) is 12.5 Å². The number of rotatable bonds is 4. The number of carboxylic acids is 1. The second kappa shape index (κ2) is 4.28. The van der Waals surface area contributed by atoms with Crippen molar-refractivity contribution in [3.8, 4) is 0 Å². The molecule has 1 fully saturated rings. The fraction of sp³-hybridized carbons (Fsp3) is 0.667. The minimum atomic E-state index is -0.803. The van der Waals surface area contributed by atoms with Crippen LogP contribution in [0.25, 0.3) is 0 Å². The fourth-order valence-corrected chi connectivity index (χ4v) is 2.04. The first-order valence-corrected chi connectivity index (χ1v) is 5.40. The Hall–Kier alpha value is -1.32. The normalized spacial score (nSPS) is 27.4. The van der Waals surface area contributed by atoms with Crippen LogP contribution in [-0.2, 0) is 14.3 Å². The van der Waals surface area contributed by atoms with Gasteiger partial charge in [0, 0.05) is 5.57 Å². The molecule has 0 amide bonds. The molecule has 2 atom stereocenters. The molecule has 0 heterocycles. The van der Waals surface area contributed by atoms with Gasteiger partial charge in [-0.3, -0.25) is 4.79 Å². The Morgan fingerprint density at radius 3 is 2.38 bits per heavy atom. The maximum atomic E-state index is 11.4. The lowest BCUT2D eigenvalue weighted by Gasteiger charge is -2.02. The van der Waals surface area contributed by atoms with Crippen LogP contribution in [0.4, 0.5) is 0 Å². The van der Waals surface area contributed by atoms with Gasteiger partial charge in [0.2, 0.25) is 0 Å². The third kappa shape index (κ3) is 2.26. The molecule has 1 unspecified atom stereocenters. The third-order valence-corrected chi connectivity index (χ3v) is 3.20. The second-order valence-electron chi connectivity index (χ2n) is 4.73. The molecule has 4 heteroatoms. The van der Waals surface area contributed by atoms with Crippen LogP contribution in [0.5, 0.6) is 0 Å². The van der Waals surface area contributed by atoms with Crippen molar-refractivity contribution in [1.29, 1.82) is 0 Å². The van der Waals surface area contributed by atoms with Crippen molar-refractivity contribution in [2.45, 2.75) is 27.7 Å². The van der Waals surface area contributed by atoms with Gasteiger partial charge in [0.1, 0.15) is 0 Å². The molecule has 1 aliphatic carbocycles. The van der Waals surface area contributed by atoms with Gasteiger partial charge < -0.3 is 9.84 Å². The van der Waals surface area contributed by atoms with E-state index < -0.39 is 11.9 Å². The number of esters is 1. The van der Waals surface area contributed by atoms with Gasteiger partial charge in [0.15, 0.2) is 0 Å². The van der Waals surface area contributed by atoms with Crippen LogP contribution in [0.2, 0.25) is 0 Å². The van der Waals surface area contributed by atoms with Crippen molar-refractivity contribution in [1.82, 2.24) is 0 Å². The first-order chi connectivity index (χ1) is 7.32. The summed E-state index contributed by atoms with van der Waals surface area (Å²) in [4.78, 5) is 22.3. The number of carbonyl (C=O) groups excluding carboxylic acids is 1. The molecule has 0 aromatic rings. The van der Waals surface area contributed by atoms with E-state index >= 15 is 0 Å². The highest BCUT2D eigenvalue weighted by Gasteiger charge is 2.61. The zero-order valence-corrected chi connectivity index (χ0v) is 10.1. The molecular formula is C12H18O4. The summed E-state index contributed by atoms with van der Waals surface area (Å²) < 4.78 is 4.84. The Morgan fingerprint density at radius 1 is 1.44 bits per heavy atom. The number of aliphatic carboxylic acids is 1. The molecule has 0 bridgehead atoms. The van der Waals surface area contributed by atoms with E-state index in [-0.39, 0.29) is 17.3 Å². The van der Waals surface area contributed by atoms with Crippen molar-refractivity contribution in [3.63, 3.8) is 0 Å². The second-order valence-corrected chi connectivity index (χ2v) is 4.73. The summed E-state index contributed by atoms with van der Waals surface area (Å²) in [5, 5.41) is 8.97. The fourth-order valence-electron chi connectivity index (χ4n) is 2.04. The third-order valence-electron chi connectivity index (χ3n) is 3.20. The lowest BCUT2D eigenvalue weighted by molar-refractivity contribution is -0.140. The topological polar surface area (TPSA) is 63.6 Å². The van der Waals surface area contributed by atoms with Gasteiger partial charge in [-0.2, -0.15) is 0 Å².